The normalized spacial score (nSPS) is 15.7. The van der Waals surface area contributed by atoms with Crippen LogP contribution < -0.4 is 0 Å². The minimum Gasteiger partial charge on any atom is -0.459 e. The van der Waals surface area contributed by atoms with Gasteiger partial charge in [0.15, 0.2) is 6.61 Å². The van der Waals surface area contributed by atoms with E-state index in [-0.39, 0.29) is 0 Å². The molecule has 0 heterocycles. The first kappa shape index (κ1) is 29.4. The molecule has 2 nitrogen and oxygen atoms in total. The van der Waals surface area contributed by atoms with Crippen LogP contribution in [0.3, 0.4) is 0 Å². The predicted octanol–water partition coefficient (Wildman–Crippen LogP) is 6.60. The molecule has 0 aromatic heterocycles. The third kappa shape index (κ3) is 5.41. The van der Waals surface area contributed by atoms with Crippen LogP contribution >= 0.6 is 0 Å². The van der Waals surface area contributed by atoms with Gasteiger partial charge in [-0.15, -0.1) is 0 Å². The lowest BCUT2D eigenvalue weighted by Crippen LogP contribution is -2.69. The fraction of sp³-hybridized carbons (Fsp3) is 0.824. The second kappa shape index (κ2) is 8.72. The van der Waals surface area contributed by atoms with Crippen molar-refractivity contribution >= 4 is 5.97 Å². The van der Waals surface area contributed by atoms with Gasteiger partial charge in [-0.1, -0.05) is 32.4 Å². The number of halogens is 12. The first-order chi connectivity index (χ1) is 13.4. The summed E-state index contributed by atoms with van der Waals surface area (Å²) in [6, 6.07) is 0. The monoisotopic (exact) mass is 484 g/mol. The summed E-state index contributed by atoms with van der Waals surface area (Å²) in [5, 5.41) is 0. The van der Waals surface area contributed by atoms with Crippen LogP contribution in [-0.2, 0) is 9.53 Å². The Labute approximate surface area is 169 Å². The number of carbonyl (C=O) groups is 1. The van der Waals surface area contributed by atoms with Crippen molar-refractivity contribution < 1.29 is 62.2 Å². The molecule has 1 unspecified atom stereocenters. The van der Waals surface area contributed by atoms with Crippen molar-refractivity contribution in [1.82, 2.24) is 0 Å². The number of carbonyl (C=O) groups excluding carboxylic acids is 1. The van der Waals surface area contributed by atoms with Gasteiger partial charge >= 0.3 is 42.0 Å². The second-order valence-corrected chi connectivity index (χ2v) is 8.05. The lowest BCUT2D eigenvalue weighted by Gasteiger charge is -2.39. The first-order valence-electron chi connectivity index (χ1n) is 8.36. The zero-order chi connectivity index (χ0) is 25.4. The van der Waals surface area contributed by atoms with Crippen molar-refractivity contribution in [1.29, 1.82) is 0 Å². The van der Waals surface area contributed by atoms with Gasteiger partial charge in [0.25, 0.3) is 0 Å². The maximum absolute atomic E-state index is 13.7. The number of ether oxygens (including phenoxy) is 1. The highest BCUT2D eigenvalue weighted by molar-refractivity contribution is 5.75. The highest BCUT2D eigenvalue weighted by atomic mass is 19.4. The standard InChI is InChI=1S/C17H20F12O2/c1-8(2)6-9(12(3,4)5)10(30)31-7-13(20,21)15(24,25)17(28,29)16(26,27)14(22,23)11(18)19/h6,9,11H,7H2,1-5H3. The lowest BCUT2D eigenvalue weighted by molar-refractivity contribution is -0.414. The molecule has 184 valence electrons. The SMILES string of the molecule is CC(C)=CC(C(=O)OCC(F)(F)C(F)(F)C(F)(F)C(F)(F)C(F)(F)C(F)F)C(C)(C)C. The minimum atomic E-state index is -7.65. The van der Waals surface area contributed by atoms with Gasteiger partial charge in [0.1, 0.15) is 0 Å². The van der Waals surface area contributed by atoms with Crippen molar-refractivity contribution in [2.24, 2.45) is 11.3 Å². The van der Waals surface area contributed by atoms with E-state index in [2.05, 4.69) is 4.74 Å². The zero-order valence-corrected chi connectivity index (χ0v) is 16.8. The van der Waals surface area contributed by atoms with E-state index in [0.717, 1.165) is 0 Å². The van der Waals surface area contributed by atoms with Crippen molar-refractivity contribution in [3.05, 3.63) is 11.6 Å². The van der Waals surface area contributed by atoms with Gasteiger partial charge in [0, 0.05) is 0 Å². The summed E-state index contributed by atoms with van der Waals surface area (Å²) in [7, 11) is 0. The first-order valence-corrected chi connectivity index (χ1v) is 8.36. The second-order valence-electron chi connectivity index (χ2n) is 8.05. The summed E-state index contributed by atoms with van der Waals surface area (Å²) in [4.78, 5) is 12.0. The summed E-state index contributed by atoms with van der Waals surface area (Å²) in [6.07, 6.45) is -4.41. The van der Waals surface area contributed by atoms with Crippen molar-refractivity contribution in [2.75, 3.05) is 6.61 Å². The van der Waals surface area contributed by atoms with Gasteiger partial charge in [0.2, 0.25) is 0 Å². The fourth-order valence-corrected chi connectivity index (χ4v) is 2.12. The van der Waals surface area contributed by atoms with Gasteiger partial charge in [-0.2, -0.15) is 43.9 Å². The molecule has 1 atom stereocenters. The summed E-state index contributed by atoms with van der Waals surface area (Å²) < 4.78 is 161. The highest BCUT2D eigenvalue weighted by Gasteiger charge is 2.87. The number of hydrogen-bond acceptors (Lipinski definition) is 2. The van der Waals surface area contributed by atoms with E-state index < -0.39 is 59.9 Å². The number of esters is 1. The molecule has 0 aliphatic rings. The Morgan fingerprint density at radius 1 is 0.806 bits per heavy atom. The van der Waals surface area contributed by atoms with Gasteiger partial charge in [-0.05, 0) is 19.3 Å². The van der Waals surface area contributed by atoms with Crippen molar-refractivity contribution in [3.8, 4) is 0 Å². The Kier molecular flexibility index (Phi) is 8.26. The van der Waals surface area contributed by atoms with E-state index in [1.807, 2.05) is 0 Å². The Morgan fingerprint density at radius 3 is 1.55 bits per heavy atom. The third-order valence-electron chi connectivity index (χ3n) is 4.02. The fourth-order valence-electron chi connectivity index (χ4n) is 2.12. The summed E-state index contributed by atoms with van der Waals surface area (Å²) in [5.41, 5.74) is -0.614. The molecule has 14 heteroatoms. The van der Waals surface area contributed by atoms with E-state index >= 15 is 0 Å². The van der Waals surface area contributed by atoms with Crippen LogP contribution in [-0.4, -0.2) is 48.6 Å². The molecule has 0 saturated carbocycles. The number of allylic oxidation sites excluding steroid dienone is 1. The predicted molar refractivity (Wildman–Crippen MR) is 84.1 cm³/mol. The van der Waals surface area contributed by atoms with E-state index in [9.17, 15) is 57.5 Å². The van der Waals surface area contributed by atoms with E-state index in [0.29, 0.717) is 5.57 Å². The molecular weight excluding hydrogens is 464 g/mol. The third-order valence-corrected chi connectivity index (χ3v) is 4.02. The van der Waals surface area contributed by atoms with Crippen LogP contribution in [0.15, 0.2) is 11.6 Å². The maximum atomic E-state index is 13.7. The molecule has 0 rings (SSSR count). The van der Waals surface area contributed by atoms with Crippen molar-refractivity contribution in [2.45, 2.75) is 70.7 Å². The van der Waals surface area contributed by atoms with Crippen LogP contribution in [0.1, 0.15) is 34.6 Å². The Morgan fingerprint density at radius 2 is 1.23 bits per heavy atom. The number of hydrogen-bond donors (Lipinski definition) is 0. The smallest absolute Gasteiger partial charge is 0.384 e. The van der Waals surface area contributed by atoms with Gasteiger partial charge in [0.05, 0.1) is 5.92 Å². The molecule has 0 aliphatic heterocycles. The lowest BCUT2D eigenvalue weighted by atomic mass is 9.80. The van der Waals surface area contributed by atoms with Crippen molar-refractivity contribution in [3.63, 3.8) is 0 Å². The quantitative estimate of drug-likeness (QED) is 0.210. The topological polar surface area (TPSA) is 26.3 Å². The zero-order valence-electron chi connectivity index (χ0n) is 16.8. The molecule has 0 saturated heterocycles. The molecule has 0 fully saturated rings. The summed E-state index contributed by atoms with van der Waals surface area (Å²) >= 11 is 0. The molecule has 0 bridgehead atoms. The summed E-state index contributed by atoms with van der Waals surface area (Å²) in [5.74, 6) is -38.9. The number of alkyl halides is 12. The molecule has 0 aromatic rings. The Balaban J connectivity index is 5.96. The molecule has 0 amide bonds. The Bertz CT molecular complexity index is 673. The van der Waals surface area contributed by atoms with Crippen LogP contribution in [0, 0.1) is 11.3 Å². The largest absolute Gasteiger partial charge is 0.459 e. The average molecular weight is 484 g/mol. The summed E-state index contributed by atoms with van der Waals surface area (Å²) in [6.45, 7) is 4.19. The maximum Gasteiger partial charge on any atom is 0.384 e. The Hall–Kier alpha value is -1.63. The number of rotatable bonds is 9. The molecule has 0 aliphatic carbocycles. The molecule has 0 aromatic carbocycles. The van der Waals surface area contributed by atoms with E-state index in [1.165, 1.54) is 40.7 Å². The van der Waals surface area contributed by atoms with Crippen LogP contribution in [0.5, 0.6) is 0 Å². The van der Waals surface area contributed by atoms with E-state index in [1.54, 1.807) is 0 Å². The minimum absolute atomic E-state index is 0.439. The molecule has 0 spiro atoms. The molecular formula is C17H20F12O2. The van der Waals surface area contributed by atoms with Gasteiger partial charge in [-0.3, -0.25) is 4.79 Å². The van der Waals surface area contributed by atoms with Crippen LogP contribution in [0.2, 0.25) is 0 Å². The van der Waals surface area contributed by atoms with Crippen LogP contribution in [0.4, 0.5) is 52.7 Å². The van der Waals surface area contributed by atoms with E-state index in [4.69, 9.17) is 0 Å². The molecule has 0 radical (unpaired) electrons. The average Bonchev–Trinajstić information content (AvgIpc) is 2.55. The van der Waals surface area contributed by atoms with Gasteiger partial charge in [-0.25, -0.2) is 8.78 Å². The van der Waals surface area contributed by atoms with Crippen LogP contribution in [0.25, 0.3) is 0 Å². The highest BCUT2D eigenvalue weighted by Crippen LogP contribution is 2.58. The van der Waals surface area contributed by atoms with Gasteiger partial charge < -0.3 is 4.74 Å². The molecule has 31 heavy (non-hydrogen) atoms. The molecule has 0 N–H and O–H groups in total.